The number of ether oxygens (including phenoxy) is 2. The first-order valence-electron chi connectivity index (χ1n) is 6.02. The maximum absolute atomic E-state index is 5.82. The van der Waals surface area contributed by atoms with E-state index < -0.39 is 0 Å². The van der Waals surface area contributed by atoms with Gasteiger partial charge in [-0.3, -0.25) is 4.90 Å². The van der Waals surface area contributed by atoms with Crippen molar-refractivity contribution in [3.05, 3.63) is 28.2 Å². The average molecular weight is 315 g/mol. The molecule has 2 rings (SSSR count). The standard InChI is InChI=1S/C13H19BrN2O2/c1-16-5-6-18-12(8-15)13(16)10-7-9(17-2)3-4-11(10)14/h3-4,7,12-13H,5-6,8,15H2,1-2H3. The minimum Gasteiger partial charge on any atom is -0.497 e. The van der Waals surface area contributed by atoms with E-state index in [0.717, 1.165) is 28.9 Å². The van der Waals surface area contributed by atoms with Crippen LogP contribution >= 0.6 is 15.9 Å². The second-order valence-corrected chi connectivity index (χ2v) is 5.31. The molecule has 1 aromatic carbocycles. The normalized spacial score (nSPS) is 25.1. The van der Waals surface area contributed by atoms with Gasteiger partial charge in [-0.2, -0.15) is 0 Å². The Morgan fingerprint density at radius 2 is 2.33 bits per heavy atom. The zero-order valence-electron chi connectivity index (χ0n) is 10.7. The van der Waals surface area contributed by atoms with Crippen LogP contribution in [0.15, 0.2) is 22.7 Å². The van der Waals surface area contributed by atoms with Crippen molar-refractivity contribution in [2.75, 3.05) is 33.9 Å². The Kier molecular flexibility index (Phi) is 4.61. The molecule has 0 aliphatic carbocycles. The Morgan fingerprint density at radius 1 is 1.56 bits per heavy atom. The van der Waals surface area contributed by atoms with Gasteiger partial charge in [0.2, 0.25) is 0 Å². The zero-order valence-corrected chi connectivity index (χ0v) is 12.3. The van der Waals surface area contributed by atoms with E-state index in [1.54, 1.807) is 7.11 Å². The fourth-order valence-corrected chi connectivity index (χ4v) is 2.85. The van der Waals surface area contributed by atoms with Gasteiger partial charge >= 0.3 is 0 Å². The van der Waals surface area contributed by atoms with Crippen LogP contribution in [0.4, 0.5) is 0 Å². The number of benzene rings is 1. The minimum absolute atomic E-state index is 0.0205. The summed E-state index contributed by atoms with van der Waals surface area (Å²) >= 11 is 3.60. The van der Waals surface area contributed by atoms with Gasteiger partial charge in [-0.25, -0.2) is 0 Å². The molecule has 2 N–H and O–H groups in total. The maximum Gasteiger partial charge on any atom is 0.119 e. The first-order valence-corrected chi connectivity index (χ1v) is 6.82. The lowest BCUT2D eigenvalue weighted by molar-refractivity contribution is -0.0579. The molecule has 18 heavy (non-hydrogen) atoms. The number of hydrogen-bond donors (Lipinski definition) is 1. The lowest BCUT2D eigenvalue weighted by Gasteiger charge is -2.39. The Morgan fingerprint density at radius 3 is 3.00 bits per heavy atom. The summed E-state index contributed by atoms with van der Waals surface area (Å²) in [5.74, 6) is 0.850. The first kappa shape index (κ1) is 13.8. The van der Waals surface area contributed by atoms with Crippen molar-refractivity contribution in [3.8, 4) is 5.75 Å². The van der Waals surface area contributed by atoms with E-state index >= 15 is 0 Å². The molecule has 4 nitrogen and oxygen atoms in total. The Bertz CT molecular complexity index is 414. The van der Waals surface area contributed by atoms with Crippen molar-refractivity contribution < 1.29 is 9.47 Å². The molecular formula is C13H19BrN2O2. The minimum atomic E-state index is 0.0205. The summed E-state index contributed by atoms with van der Waals surface area (Å²) in [5, 5.41) is 0. The molecule has 2 atom stereocenters. The number of hydrogen-bond acceptors (Lipinski definition) is 4. The van der Waals surface area contributed by atoms with Gasteiger partial charge in [-0.1, -0.05) is 15.9 Å². The third kappa shape index (κ3) is 2.69. The third-order valence-corrected chi connectivity index (χ3v) is 4.08. The zero-order chi connectivity index (χ0) is 13.1. The molecular weight excluding hydrogens is 296 g/mol. The summed E-state index contributed by atoms with van der Waals surface area (Å²) in [5.41, 5.74) is 6.97. The number of morpholine rings is 1. The summed E-state index contributed by atoms with van der Waals surface area (Å²) in [4.78, 5) is 2.28. The topological polar surface area (TPSA) is 47.7 Å². The average Bonchev–Trinajstić information content (AvgIpc) is 2.39. The molecule has 1 aromatic rings. The van der Waals surface area contributed by atoms with Crippen LogP contribution in [0.1, 0.15) is 11.6 Å². The van der Waals surface area contributed by atoms with Crippen molar-refractivity contribution in [1.29, 1.82) is 0 Å². The highest BCUT2D eigenvalue weighted by Crippen LogP contribution is 2.35. The Balaban J connectivity index is 2.37. The number of rotatable bonds is 3. The predicted molar refractivity (Wildman–Crippen MR) is 74.9 cm³/mol. The molecule has 5 heteroatoms. The van der Waals surface area contributed by atoms with E-state index in [1.165, 1.54) is 0 Å². The highest BCUT2D eigenvalue weighted by molar-refractivity contribution is 9.10. The molecule has 0 spiro atoms. The van der Waals surface area contributed by atoms with Crippen molar-refractivity contribution in [2.24, 2.45) is 5.73 Å². The van der Waals surface area contributed by atoms with Crippen molar-refractivity contribution in [3.63, 3.8) is 0 Å². The van der Waals surface area contributed by atoms with Gasteiger partial charge in [-0.15, -0.1) is 0 Å². The molecule has 0 radical (unpaired) electrons. The first-order chi connectivity index (χ1) is 8.67. The Labute approximate surface area is 116 Å². The van der Waals surface area contributed by atoms with Crippen LogP contribution in [0.3, 0.4) is 0 Å². The monoisotopic (exact) mass is 314 g/mol. The molecule has 1 aliphatic heterocycles. The smallest absolute Gasteiger partial charge is 0.119 e. The second-order valence-electron chi connectivity index (χ2n) is 4.46. The number of methoxy groups -OCH3 is 1. The fourth-order valence-electron chi connectivity index (χ4n) is 2.37. The summed E-state index contributed by atoms with van der Waals surface area (Å²) in [6.45, 7) is 2.15. The van der Waals surface area contributed by atoms with Crippen molar-refractivity contribution in [2.45, 2.75) is 12.1 Å². The van der Waals surface area contributed by atoms with Gasteiger partial charge in [0.1, 0.15) is 5.75 Å². The summed E-state index contributed by atoms with van der Waals surface area (Å²) in [6, 6.07) is 6.15. The lowest BCUT2D eigenvalue weighted by atomic mass is 9.98. The summed E-state index contributed by atoms with van der Waals surface area (Å²) in [6.07, 6.45) is 0.0205. The lowest BCUT2D eigenvalue weighted by Crippen LogP contribution is -2.46. The molecule has 1 aliphatic rings. The molecule has 0 aromatic heterocycles. The van der Waals surface area contributed by atoms with E-state index in [9.17, 15) is 0 Å². The molecule has 0 saturated carbocycles. The molecule has 0 amide bonds. The van der Waals surface area contributed by atoms with Gasteiger partial charge in [0.05, 0.1) is 25.9 Å². The number of likely N-dealkylation sites (N-methyl/N-ethyl adjacent to an activating group) is 1. The predicted octanol–water partition coefficient (Wildman–Crippen LogP) is 1.79. The second kappa shape index (κ2) is 6.02. The van der Waals surface area contributed by atoms with Crippen LogP contribution in [0, 0.1) is 0 Å². The van der Waals surface area contributed by atoms with Gasteiger partial charge in [0, 0.05) is 17.6 Å². The Hall–Kier alpha value is -0.620. The van der Waals surface area contributed by atoms with Gasteiger partial charge in [0.25, 0.3) is 0 Å². The molecule has 100 valence electrons. The van der Waals surface area contributed by atoms with Crippen LogP contribution in [-0.2, 0) is 4.74 Å². The summed E-state index contributed by atoms with van der Waals surface area (Å²) in [7, 11) is 3.77. The largest absolute Gasteiger partial charge is 0.497 e. The van der Waals surface area contributed by atoms with Crippen molar-refractivity contribution in [1.82, 2.24) is 4.90 Å². The van der Waals surface area contributed by atoms with E-state index in [4.69, 9.17) is 15.2 Å². The van der Waals surface area contributed by atoms with E-state index in [-0.39, 0.29) is 12.1 Å². The van der Waals surface area contributed by atoms with Crippen LogP contribution in [-0.4, -0.2) is 44.9 Å². The molecule has 1 saturated heterocycles. The quantitative estimate of drug-likeness (QED) is 0.924. The van der Waals surface area contributed by atoms with Crippen molar-refractivity contribution >= 4 is 15.9 Å². The number of halogens is 1. The number of nitrogens with zero attached hydrogens (tertiary/aromatic N) is 1. The van der Waals surface area contributed by atoms with Gasteiger partial charge in [0.15, 0.2) is 0 Å². The van der Waals surface area contributed by atoms with Crippen LogP contribution in [0.5, 0.6) is 5.75 Å². The maximum atomic E-state index is 5.82. The molecule has 0 bridgehead atoms. The highest BCUT2D eigenvalue weighted by Gasteiger charge is 2.32. The fraction of sp³-hybridized carbons (Fsp3) is 0.538. The summed E-state index contributed by atoms with van der Waals surface area (Å²) < 4.78 is 12.1. The van der Waals surface area contributed by atoms with E-state index in [0.29, 0.717) is 6.54 Å². The molecule has 2 unspecified atom stereocenters. The SMILES string of the molecule is COc1ccc(Br)c(C2C(CN)OCCN2C)c1. The van der Waals surface area contributed by atoms with Crippen LogP contribution in [0.25, 0.3) is 0 Å². The third-order valence-electron chi connectivity index (χ3n) is 3.36. The van der Waals surface area contributed by atoms with E-state index in [1.807, 2.05) is 18.2 Å². The van der Waals surface area contributed by atoms with Gasteiger partial charge in [-0.05, 0) is 30.8 Å². The van der Waals surface area contributed by atoms with Crippen LogP contribution in [0.2, 0.25) is 0 Å². The number of nitrogens with two attached hydrogens (primary N) is 1. The molecule has 1 heterocycles. The van der Waals surface area contributed by atoms with Crippen LogP contribution < -0.4 is 10.5 Å². The van der Waals surface area contributed by atoms with E-state index in [2.05, 4.69) is 27.9 Å². The molecule has 1 fully saturated rings. The van der Waals surface area contributed by atoms with Gasteiger partial charge < -0.3 is 15.2 Å². The highest BCUT2D eigenvalue weighted by atomic mass is 79.9.